The van der Waals surface area contributed by atoms with E-state index in [9.17, 15) is 4.39 Å². The minimum absolute atomic E-state index is 0.00176. The van der Waals surface area contributed by atoms with Crippen molar-refractivity contribution < 1.29 is 4.39 Å². The van der Waals surface area contributed by atoms with E-state index in [1.165, 1.54) is 6.07 Å². The minimum Gasteiger partial charge on any atom is -0.324 e. The van der Waals surface area contributed by atoms with E-state index in [4.69, 9.17) is 17.3 Å². The lowest BCUT2D eigenvalue weighted by atomic mass is 10.00. The number of nitrogens with two attached hydrogens (primary N) is 1. The predicted octanol–water partition coefficient (Wildman–Crippen LogP) is 3.12. The Kier molecular flexibility index (Phi) is 3.00. The van der Waals surface area contributed by atoms with E-state index in [0.29, 0.717) is 0 Å². The van der Waals surface area contributed by atoms with Crippen molar-refractivity contribution in [3.63, 3.8) is 0 Å². The van der Waals surface area contributed by atoms with E-state index in [2.05, 4.69) is 0 Å². The van der Waals surface area contributed by atoms with E-state index in [0.717, 1.165) is 29.1 Å². The van der Waals surface area contributed by atoms with Crippen molar-refractivity contribution in [1.29, 1.82) is 0 Å². The molecule has 2 N–H and O–H groups in total. The number of hydrogen-bond donors (Lipinski definition) is 1. The van der Waals surface area contributed by atoms with Crippen molar-refractivity contribution in [2.45, 2.75) is 18.2 Å². The van der Waals surface area contributed by atoms with E-state index < -0.39 is 0 Å². The highest BCUT2D eigenvalue weighted by Gasteiger charge is 2.19. The monoisotopic (exact) mass is 231 g/mol. The molecule has 1 aliphatic rings. The van der Waals surface area contributed by atoms with Crippen LogP contribution in [0.15, 0.2) is 12.1 Å². The molecule has 1 aromatic carbocycles. The number of fused-ring (bicyclic) bond motifs is 1. The smallest absolute Gasteiger partial charge is 0.142 e. The van der Waals surface area contributed by atoms with Crippen LogP contribution in [0.2, 0.25) is 5.02 Å². The highest BCUT2D eigenvalue weighted by Crippen LogP contribution is 2.34. The molecule has 0 spiro atoms. The second kappa shape index (κ2) is 4.09. The summed E-state index contributed by atoms with van der Waals surface area (Å²) in [5, 5.41) is 0.243. The topological polar surface area (TPSA) is 26.0 Å². The summed E-state index contributed by atoms with van der Waals surface area (Å²) in [6.07, 6.45) is 0.930. The maximum Gasteiger partial charge on any atom is 0.142 e. The van der Waals surface area contributed by atoms with Crippen molar-refractivity contribution in [1.82, 2.24) is 0 Å². The van der Waals surface area contributed by atoms with Gasteiger partial charge >= 0.3 is 0 Å². The molecule has 1 aromatic rings. The van der Waals surface area contributed by atoms with Gasteiger partial charge in [0.05, 0.1) is 5.02 Å². The first-order chi connectivity index (χ1) is 6.70. The highest BCUT2D eigenvalue weighted by atomic mass is 35.5. The van der Waals surface area contributed by atoms with Gasteiger partial charge in [0.2, 0.25) is 0 Å². The molecule has 1 aliphatic heterocycles. The molecule has 0 saturated heterocycles. The summed E-state index contributed by atoms with van der Waals surface area (Å²) in [5.41, 5.74) is 7.85. The third kappa shape index (κ3) is 1.76. The van der Waals surface area contributed by atoms with Crippen LogP contribution in [0.4, 0.5) is 4.39 Å². The first kappa shape index (κ1) is 10.3. The molecule has 2 rings (SSSR count). The van der Waals surface area contributed by atoms with Crippen LogP contribution in [0, 0.1) is 5.82 Å². The zero-order chi connectivity index (χ0) is 10.1. The van der Waals surface area contributed by atoms with Crippen molar-refractivity contribution in [2.24, 2.45) is 5.73 Å². The second-order valence-corrected chi connectivity index (χ2v) is 4.86. The molecule has 0 aliphatic carbocycles. The van der Waals surface area contributed by atoms with Gasteiger partial charge in [0, 0.05) is 11.8 Å². The lowest BCUT2D eigenvalue weighted by molar-refractivity contribution is 0.622. The highest BCUT2D eigenvalue weighted by molar-refractivity contribution is 7.98. The second-order valence-electron chi connectivity index (χ2n) is 3.38. The molecule has 1 atom stereocenters. The molecule has 0 bridgehead atoms. The van der Waals surface area contributed by atoms with E-state index >= 15 is 0 Å². The Morgan fingerprint density at radius 1 is 1.50 bits per heavy atom. The first-order valence-corrected chi connectivity index (χ1v) is 6.03. The van der Waals surface area contributed by atoms with Crippen LogP contribution in [0.5, 0.6) is 0 Å². The lowest BCUT2D eigenvalue weighted by Crippen LogP contribution is -2.11. The Balaban J connectivity index is 2.53. The average molecular weight is 232 g/mol. The molecule has 4 heteroatoms. The Morgan fingerprint density at radius 2 is 2.29 bits per heavy atom. The number of halogens is 2. The number of rotatable bonds is 0. The molecule has 1 heterocycles. The van der Waals surface area contributed by atoms with Gasteiger partial charge in [-0.3, -0.25) is 0 Å². The summed E-state index contributed by atoms with van der Waals surface area (Å²) in [6, 6.07) is 3.16. The molecule has 0 fully saturated rings. The maximum absolute atomic E-state index is 13.2. The Labute approximate surface area is 91.8 Å². The summed E-state index contributed by atoms with van der Waals surface area (Å²) in [7, 11) is 0. The van der Waals surface area contributed by atoms with Crippen molar-refractivity contribution in [3.8, 4) is 0 Å². The molecule has 0 saturated carbocycles. The van der Waals surface area contributed by atoms with Crippen molar-refractivity contribution in [3.05, 3.63) is 34.1 Å². The maximum atomic E-state index is 13.2. The normalized spacial score (nSPS) is 21.5. The zero-order valence-electron chi connectivity index (χ0n) is 7.59. The van der Waals surface area contributed by atoms with Gasteiger partial charge in [-0.05, 0) is 29.4 Å². The summed E-state index contributed by atoms with van der Waals surface area (Å²) in [5.74, 6) is 1.42. The van der Waals surface area contributed by atoms with Crippen LogP contribution in [0.1, 0.15) is 23.6 Å². The fourth-order valence-corrected chi connectivity index (χ4v) is 3.04. The Hall–Kier alpha value is -0.250. The van der Waals surface area contributed by atoms with E-state index in [-0.39, 0.29) is 16.9 Å². The third-order valence-electron chi connectivity index (χ3n) is 2.45. The minimum atomic E-state index is -0.347. The quantitative estimate of drug-likeness (QED) is 0.743. The molecule has 1 nitrogen and oxygen atoms in total. The van der Waals surface area contributed by atoms with Crippen molar-refractivity contribution in [2.75, 3.05) is 5.75 Å². The largest absolute Gasteiger partial charge is 0.324 e. The molecule has 0 radical (unpaired) electrons. The molecular weight excluding hydrogens is 221 g/mol. The molecule has 0 aromatic heterocycles. The van der Waals surface area contributed by atoms with Gasteiger partial charge in [-0.2, -0.15) is 11.8 Å². The van der Waals surface area contributed by atoms with Crippen LogP contribution >= 0.6 is 23.4 Å². The SMILES string of the molecule is NC1CCSCc2c1ccc(F)c2Cl. The summed E-state index contributed by atoms with van der Waals surface area (Å²) >= 11 is 7.66. The fourth-order valence-electron chi connectivity index (χ4n) is 1.64. The van der Waals surface area contributed by atoms with Crippen LogP contribution in [0.25, 0.3) is 0 Å². The molecular formula is C10H11ClFNS. The molecule has 14 heavy (non-hydrogen) atoms. The molecule has 76 valence electrons. The average Bonchev–Trinajstić information content (AvgIpc) is 2.35. The van der Waals surface area contributed by atoms with Crippen molar-refractivity contribution >= 4 is 23.4 Å². The van der Waals surface area contributed by atoms with Crippen LogP contribution in [0.3, 0.4) is 0 Å². The van der Waals surface area contributed by atoms with Crippen LogP contribution in [-0.4, -0.2) is 5.75 Å². The predicted molar refractivity (Wildman–Crippen MR) is 59.1 cm³/mol. The summed E-state index contributed by atoms with van der Waals surface area (Å²) < 4.78 is 13.2. The lowest BCUT2D eigenvalue weighted by Gasteiger charge is -2.13. The fraction of sp³-hybridized carbons (Fsp3) is 0.400. The summed E-state index contributed by atoms with van der Waals surface area (Å²) in [4.78, 5) is 0. The Morgan fingerprint density at radius 3 is 3.07 bits per heavy atom. The molecule has 1 unspecified atom stereocenters. The standard InChI is InChI=1S/C10H11ClFNS/c11-10-7-5-14-4-3-9(13)6(7)1-2-8(10)12/h1-2,9H,3-5,13H2. The van der Waals surface area contributed by atoms with Gasteiger partial charge in [0.1, 0.15) is 5.82 Å². The summed E-state index contributed by atoms with van der Waals surface area (Å²) in [6.45, 7) is 0. The number of thioether (sulfide) groups is 1. The molecule has 0 amide bonds. The van der Waals surface area contributed by atoms with Gasteiger partial charge in [0.25, 0.3) is 0 Å². The van der Waals surface area contributed by atoms with E-state index in [1.54, 1.807) is 17.8 Å². The first-order valence-electron chi connectivity index (χ1n) is 4.50. The number of hydrogen-bond acceptors (Lipinski definition) is 2. The Bertz CT molecular complexity index is 356. The zero-order valence-corrected chi connectivity index (χ0v) is 9.17. The van der Waals surface area contributed by atoms with Gasteiger partial charge in [-0.1, -0.05) is 17.7 Å². The van der Waals surface area contributed by atoms with Crippen LogP contribution in [-0.2, 0) is 5.75 Å². The third-order valence-corrected chi connectivity index (χ3v) is 3.88. The van der Waals surface area contributed by atoms with Gasteiger partial charge < -0.3 is 5.73 Å². The van der Waals surface area contributed by atoms with Crippen LogP contribution < -0.4 is 5.73 Å². The van der Waals surface area contributed by atoms with E-state index in [1.807, 2.05) is 0 Å². The van der Waals surface area contributed by atoms with Gasteiger partial charge in [-0.25, -0.2) is 4.39 Å². The van der Waals surface area contributed by atoms with Gasteiger partial charge in [-0.15, -0.1) is 0 Å². The van der Waals surface area contributed by atoms with Gasteiger partial charge in [0.15, 0.2) is 0 Å². The number of benzene rings is 1.